The van der Waals surface area contributed by atoms with Crippen LogP contribution < -0.4 is 5.32 Å². The van der Waals surface area contributed by atoms with E-state index in [1.165, 1.54) is 0 Å². The third kappa shape index (κ3) is 2.91. The van der Waals surface area contributed by atoms with Gasteiger partial charge in [0, 0.05) is 22.7 Å². The number of allylic oxidation sites excluding steroid dienone is 3. The van der Waals surface area contributed by atoms with Gasteiger partial charge in [0.1, 0.15) is 0 Å². The van der Waals surface area contributed by atoms with Gasteiger partial charge in [0.25, 0.3) is 0 Å². The Morgan fingerprint density at radius 2 is 2.17 bits per heavy atom. The van der Waals surface area contributed by atoms with Crippen molar-refractivity contribution in [2.45, 2.75) is 32.1 Å². The summed E-state index contributed by atoms with van der Waals surface area (Å²) in [6, 6.07) is 9.81. The van der Waals surface area contributed by atoms with E-state index in [0.717, 1.165) is 40.5 Å². The molecule has 1 aromatic carbocycles. The normalized spacial score (nSPS) is 20.9. The van der Waals surface area contributed by atoms with Gasteiger partial charge >= 0.3 is 0 Å². The summed E-state index contributed by atoms with van der Waals surface area (Å²) in [5, 5.41) is 14.5. The summed E-state index contributed by atoms with van der Waals surface area (Å²) in [5.41, 5.74) is 3.12. The number of nitriles is 1. The van der Waals surface area contributed by atoms with E-state index >= 15 is 0 Å². The Bertz CT molecular complexity index is 761. The molecule has 3 nitrogen and oxygen atoms in total. The van der Waals surface area contributed by atoms with Crippen LogP contribution in [0.3, 0.4) is 0 Å². The summed E-state index contributed by atoms with van der Waals surface area (Å²) in [6.07, 6.45) is 2.23. The molecule has 1 aliphatic heterocycles. The van der Waals surface area contributed by atoms with Gasteiger partial charge in [0.2, 0.25) is 0 Å². The maximum atomic E-state index is 12.6. The number of thioether (sulfide) groups is 1. The highest BCUT2D eigenvalue weighted by Gasteiger charge is 2.37. The quantitative estimate of drug-likeness (QED) is 0.875. The fourth-order valence-electron chi connectivity index (χ4n) is 3.20. The van der Waals surface area contributed by atoms with Gasteiger partial charge in [-0.2, -0.15) is 5.26 Å². The lowest BCUT2D eigenvalue weighted by Crippen LogP contribution is -2.31. The van der Waals surface area contributed by atoms with Crippen LogP contribution in [0.15, 0.2) is 46.1 Å². The van der Waals surface area contributed by atoms with Crippen LogP contribution in [-0.4, -0.2) is 11.5 Å². The molecule has 0 saturated heterocycles. The van der Waals surface area contributed by atoms with E-state index in [-0.39, 0.29) is 11.7 Å². The molecule has 0 spiro atoms. The van der Waals surface area contributed by atoms with Crippen molar-refractivity contribution in [1.29, 1.82) is 5.26 Å². The molecule has 1 heterocycles. The maximum absolute atomic E-state index is 12.6. The molecule has 1 N–H and O–H groups in total. The van der Waals surface area contributed by atoms with Crippen LogP contribution in [0.1, 0.15) is 37.7 Å². The first-order chi connectivity index (χ1) is 11.2. The number of nitrogens with one attached hydrogen (secondary N) is 1. The molecule has 118 valence electrons. The van der Waals surface area contributed by atoms with E-state index < -0.39 is 0 Å². The van der Waals surface area contributed by atoms with E-state index in [9.17, 15) is 10.1 Å². The lowest BCUT2D eigenvalue weighted by molar-refractivity contribution is -0.116. The number of halogens is 1. The summed E-state index contributed by atoms with van der Waals surface area (Å²) in [7, 11) is 0. The van der Waals surface area contributed by atoms with Crippen molar-refractivity contribution in [1.82, 2.24) is 5.32 Å². The minimum Gasteiger partial charge on any atom is -0.352 e. The number of hydrogen-bond donors (Lipinski definition) is 1. The molecule has 1 unspecified atom stereocenters. The standard InChI is InChI=1S/C18H17ClN2OS/c1-2-23-18-12(10-20)16(11-6-3-4-7-13(11)19)17-14(21-18)8-5-9-15(17)22/h3-4,6-7,16,21H,2,5,8-9H2,1H3. The van der Waals surface area contributed by atoms with Gasteiger partial charge in [-0.05, 0) is 30.2 Å². The van der Waals surface area contributed by atoms with Crippen LogP contribution in [0.5, 0.6) is 0 Å². The number of benzene rings is 1. The summed E-state index contributed by atoms with van der Waals surface area (Å²) in [5.74, 6) is 0.628. The van der Waals surface area contributed by atoms with Crippen LogP contribution in [0, 0.1) is 11.3 Å². The number of Topliss-reactive ketones (excluding diaryl/α,β-unsaturated/α-hetero) is 1. The van der Waals surface area contributed by atoms with Gasteiger partial charge in [-0.1, -0.05) is 36.7 Å². The zero-order chi connectivity index (χ0) is 16.4. The highest BCUT2D eigenvalue weighted by atomic mass is 35.5. The molecule has 1 aliphatic carbocycles. The van der Waals surface area contributed by atoms with Crippen molar-refractivity contribution in [3.63, 3.8) is 0 Å². The lowest BCUT2D eigenvalue weighted by atomic mass is 9.77. The smallest absolute Gasteiger partial charge is 0.161 e. The molecule has 1 atom stereocenters. The average molecular weight is 345 g/mol. The minimum absolute atomic E-state index is 0.122. The predicted octanol–water partition coefficient (Wildman–Crippen LogP) is 4.52. The Morgan fingerprint density at radius 3 is 2.87 bits per heavy atom. The molecule has 0 radical (unpaired) electrons. The average Bonchev–Trinajstić information content (AvgIpc) is 2.55. The maximum Gasteiger partial charge on any atom is 0.161 e. The van der Waals surface area contributed by atoms with Crippen molar-refractivity contribution in [3.05, 3.63) is 56.7 Å². The highest BCUT2D eigenvalue weighted by Crippen LogP contribution is 2.45. The monoisotopic (exact) mass is 344 g/mol. The number of hydrogen-bond acceptors (Lipinski definition) is 4. The van der Waals surface area contributed by atoms with Crippen molar-refractivity contribution < 1.29 is 4.79 Å². The second-order valence-corrected chi connectivity index (χ2v) is 7.22. The molecule has 2 aliphatic rings. The fourth-order valence-corrected chi connectivity index (χ4v) is 4.25. The number of nitrogens with zero attached hydrogens (tertiary/aromatic N) is 1. The van der Waals surface area contributed by atoms with Gasteiger partial charge in [-0.15, -0.1) is 11.8 Å². The first kappa shape index (κ1) is 16.2. The second kappa shape index (κ2) is 6.82. The highest BCUT2D eigenvalue weighted by molar-refractivity contribution is 8.03. The van der Waals surface area contributed by atoms with E-state index in [1.807, 2.05) is 24.3 Å². The summed E-state index contributed by atoms with van der Waals surface area (Å²) >= 11 is 7.99. The molecule has 0 aromatic heterocycles. The molecular weight excluding hydrogens is 328 g/mol. The minimum atomic E-state index is -0.355. The summed E-state index contributed by atoms with van der Waals surface area (Å²) in [6.45, 7) is 2.05. The molecule has 1 aromatic rings. The van der Waals surface area contributed by atoms with Gasteiger partial charge in [-0.25, -0.2) is 0 Å². The molecule has 23 heavy (non-hydrogen) atoms. The zero-order valence-electron chi connectivity index (χ0n) is 12.9. The molecule has 5 heteroatoms. The first-order valence-corrected chi connectivity index (χ1v) is 9.08. The SMILES string of the molecule is CCSC1=C(C#N)C(c2ccccc2Cl)C2=C(CCCC2=O)N1. The Labute approximate surface area is 145 Å². The Balaban J connectivity index is 2.21. The zero-order valence-corrected chi connectivity index (χ0v) is 14.4. The summed E-state index contributed by atoms with van der Waals surface area (Å²) < 4.78 is 0. The Hall–Kier alpha value is -1.70. The van der Waals surface area contributed by atoms with Crippen molar-refractivity contribution >= 4 is 29.1 Å². The number of dihydropyridines is 1. The van der Waals surface area contributed by atoms with Gasteiger partial charge in [0.15, 0.2) is 5.78 Å². The van der Waals surface area contributed by atoms with Crippen molar-refractivity contribution in [2.24, 2.45) is 0 Å². The second-order valence-electron chi connectivity index (χ2n) is 5.54. The predicted molar refractivity (Wildman–Crippen MR) is 94.0 cm³/mol. The third-order valence-corrected chi connectivity index (χ3v) is 5.41. The van der Waals surface area contributed by atoms with Gasteiger partial charge < -0.3 is 5.32 Å². The van der Waals surface area contributed by atoms with E-state index in [4.69, 9.17) is 11.6 Å². The Morgan fingerprint density at radius 1 is 1.39 bits per heavy atom. The summed E-state index contributed by atoms with van der Waals surface area (Å²) in [4.78, 5) is 12.6. The topological polar surface area (TPSA) is 52.9 Å². The third-order valence-electron chi connectivity index (χ3n) is 4.17. The number of ketones is 1. The largest absolute Gasteiger partial charge is 0.352 e. The van der Waals surface area contributed by atoms with E-state index in [0.29, 0.717) is 17.0 Å². The van der Waals surface area contributed by atoms with Crippen LogP contribution in [-0.2, 0) is 4.79 Å². The molecular formula is C18H17ClN2OS. The fraction of sp³-hybridized carbons (Fsp3) is 0.333. The van der Waals surface area contributed by atoms with Gasteiger partial charge in [-0.3, -0.25) is 4.79 Å². The molecule has 0 fully saturated rings. The first-order valence-electron chi connectivity index (χ1n) is 7.72. The lowest BCUT2D eigenvalue weighted by Gasteiger charge is -2.33. The number of carbonyl (C=O) groups is 1. The van der Waals surface area contributed by atoms with Crippen molar-refractivity contribution in [3.8, 4) is 6.07 Å². The van der Waals surface area contributed by atoms with Gasteiger partial charge in [0.05, 0.1) is 22.6 Å². The van der Waals surface area contributed by atoms with Crippen LogP contribution >= 0.6 is 23.4 Å². The molecule has 0 bridgehead atoms. The Kier molecular flexibility index (Phi) is 4.79. The number of rotatable bonds is 3. The van der Waals surface area contributed by atoms with E-state index in [2.05, 4.69) is 18.3 Å². The van der Waals surface area contributed by atoms with Crippen LogP contribution in [0.25, 0.3) is 0 Å². The van der Waals surface area contributed by atoms with Crippen molar-refractivity contribution in [2.75, 3.05) is 5.75 Å². The van der Waals surface area contributed by atoms with Crippen LogP contribution in [0.4, 0.5) is 0 Å². The molecule has 0 amide bonds. The van der Waals surface area contributed by atoms with Crippen LogP contribution in [0.2, 0.25) is 5.02 Å². The number of carbonyl (C=O) groups excluding carboxylic acids is 1. The molecule has 0 saturated carbocycles. The molecule has 3 rings (SSSR count). The van der Waals surface area contributed by atoms with E-state index in [1.54, 1.807) is 11.8 Å².